The Labute approximate surface area is 171 Å². The van der Waals surface area contributed by atoms with Gasteiger partial charge in [0.1, 0.15) is 11.6 Å². The van der Waals surface area contributed by atoms with Gasteiger partial charge in [0.25, 0.3) is 0 Å². The summed E-state index contributed by atoms with van der Waals surface area (Å²) >= 11 is 0. The number of hydrogen-bond acceptors (Lipinski definition) is 6. The van der Waals surface area contributed by atoms with Crippen LogP contribution in [0.3, 0.4) is 0 Å². The van der Waals surface area contributed by atoms with Gasteiger partial charge < -0.3 is 14.7 Å². The molecule has 0 N–H and O–H groups in total. The number of aromatic nitrogens is 3. The van der Waals surface area contributed by atoms with E-state index in [0.717, 1.165) is 66.8 Å². The molecule has 0 radical (unpaired) electrons. The van der Waals surface area contributed by atoms with E-state index in [1.807, 2.05) is 24.2 Å². The van der Waals surface area contributed by atoms with Crippen LogP contribution in [0.15, 0.2) is 18.5 Å². The standard InChI is InChI=1S/C22H28N6O/c1-14-9-18(11-23-10-14)27-8-5-17(12-27)22(29)28-13-19-20(15(28)2)21(25-16(3)24-19)26-6-4-7-26/h9-11,15,17H,4-8,12-13H2,1-3H3/t15-,17-/m1/s1. The van der Waals surface area contributed by atoms with Crippen LogP contribution in [0, 0.1) is 19.8 Å². The average Bonchev–Trinajstić information content (AvgIpc) is 3.25. The molecule has 2 saturated heterocycles. The van der Waals surface area contributed by atoms with Gasteiger partial charge >= 0.3 is 0 Å². The highest BCUT2D eigenvalue weighted by atomic mass is 16.2. The summed E-state index contributed by atoms with van der Waals surface area (Å²) in [5, 5.41) is 0. The Morgan fingerprint density at radius 3 is 2.66 bits per heavy atom. The number of pyridine rings is 1. The van der Waals surface area contributed by atoms with Crippen molar-refractivity contribution in [1.82, 2.24) is 19.9 Å². The van der Waals surface area contributed by atoms with Gasteiger partial charge in [-0.25, -0.2) is 9.97 Å². The summed E-state index contributed by atoms with van der Waals surface area (Å²) < 4.78 is 0. The minimum Gasteiger partial charge on any atom is -0.369 e. The van der Waals surface area contributed by atoms with Crippen molar-refractivity contribution < 1.29 is 4.79 Å². The van der Waals surface area contributed by atoms with E-state index in [1.54, 1.807) is 0 Å². The first kappa shape index (κ1) is 18.3. The first-order valence-electron chi connectivity index (χ1n) is 10.6. The number of rotatable bonds is 3. The van der Waals surface area contributed by atoms with E-state index in [0.29, 0.717) is 6.54 Å². The first-order valence-corrected chi connectivity index (χ1v) is 10.6. The number of nitrogens with zero attached hydrogens (tertiary/aromatic N) is 6. The Hall–Kier alpha value is -2.70. The van der Waals surface area contributed by atoms with Gasteiger partial charge in [0.15, 0.2) is 0 Å². The van der Waals surface area contributed by atoms with Gasteiger partial charge in [-0.3, -0.25) is 9.78 Å². The molecule has 0 aromatic carbocycles. The van der Waals surface area contributed by atoms with Crippen molar-refractivity contribution in [2.24, 2.45) is 5.92 Å². The Kier molecular flexibility index (Phi) is 4.41. The Balaban J connectivity index is 1.34. The minimum atomic E-state index is 0.0220. The zero-order chi connectivity index (χ0) is 20.1. The van der Waals surface area contributed by atoms with Crippen LogP contribution < -0.4 is 9.80 Å². The van der Waals surface area contributed by atoms with Gasteiger partial charge in [0.05, 0.1) is 36.1 Å². The minimum absolute atomic E-state index is 0.0220. The van der Waals surface area contributed by atoms with Crippen LogP contribution in [0.5, 0.6) is 0 Å². The monoisotopic (exact) mass is 392 g/mol. The highest BCUT2D eigenvalue weighted by molar-refractivity contribution is 5.82. The molecule has 5 heterocycles. The van der Waals surface area contributed by atoms with E-state index >= 15 is 0 Å². The predicted octanol–water partition coefficient (Wildman–Crippen LogP) is 2.63. The number of carbonyl (C=O) groups excluding carboxylic acids is 1. The normalized spacial score (nSPS) is 23.3. The zero-order valence-corrected chi connectivity index (χ0v) is 17.4. The van der Waals surface area contributed by atoms with E-state index in [1.165, 1.54) is 6.42 Å². The number of carbonyl (C=O) groups is 1. The number of anilines is 2. The maximum absolute atomic E-state index is 13.4. The summed E-state index contributed by atoms with van der Waals surface area (Å²) in [5.41, 5.74) is 4.44. The predicted molar refractivity (Wildman–Crippen MR) is 112 cm³/mol. The number of fused-ring (bicyclic) bond motifs is 1. The topological polar surface area (TPSA) is 65.5 Å². The largest absolute Gasteiger partial charge is 0.369 e. The van der Waals surface area contributed by atoms with Gasteiger partial charge in [-0.1, -0.05) is 0 Å². The van der Waals surface area contributed by atoms with Gasteiger partial charge in [-0.05, 0) is 45.2 Å². The SMILES string of the molecule is Cc1cncc(N2CC[C@@H](C(=O)N3Cc4nc(C)nc(N5CCC5)c4[C@H]3C)C2)c1. The average molecular weight is 393 g/mol. The lowest BCUT2D eigenvalue weighted by molar-refractivity contribution is -0.137. The molecule has 7 nitrogen and oxygen atoms in total. The highest BCUT2D eigenvalue weighted by Gasteiger charge is 2.40. The molecule has 0 saturated carbocycles. The number of amides is 1. The summed E-state index contributed by atoms with van der Waals surface area (Å²) in [6, 6.07) is 2.18. The molecule has 2 atom stereocenters. The molecule has 0 spiro atoms. The van der Waals surface area contributed by atoms with Crippen molar-refractivity contribution in [1.29, 1.82) is 0 Å². The van der Waals surface area contributed by atoms with Crippen LogP contribution in [-0.2, 0) is 11.3 Å². The van der Waals surface area contributed by atoms with Crippen LogP contribution in [0.25, 0.3) is 0 Å². The summed E-state index contributed by atoms with van der Waals surface area (Å²) in [7, 11) is 0. The molecular formula is C22H28N6O. The van der Waals surface area contributed by atoms with Gasteiger partial charge in [-0.15, -0.1) is 0 Å². The fourth-order valence-corrected chi connectivity index (χ4v) is 4.81. The van der Waals surface area contributed by atoms with Crippen molar-refractivity contribution in [3.8, 4) is 0 Å². The lowest BCUT2D eigenvalue weighted by atomic mass is 10.1. The van der Waals surface area contributed by atoms with Gasteiger partial charge in [0.2, 0.25) is 5.91 Å². The zero-order valence-electron chi connectivity index (χ0n) is 17.4. The van der Waals surface area contributed by atoms with E-state index in [4.69, 9.17) is 4.98 Å². The second kappa shape index (κ2) is 6.97. The Bertz CT molecular complexity index is 956. The fraction of sp³-hybridized carbons (Fsp3) is 0.545. The van der Waals surface area contributed by atoms with Crippen LogP contribution in [0.4, 0.5) is 11.5 Å². The molecular weight excluding hydrogens is 364 g/mol. The lowest BCUT2D eigenvalue weighted by Gasteiger charge is -2.34. The summed E-state index contributed by atoms with van der Waals surface area (Å²) in [5.74, 6) is 2.10. The second-order valence-corrected chi connectivity index (χ2v) is 8.59. The van der Waals surface area contributed by atoms with Crippen molar-refractivity contribution in [2.45, 2.75) is 46.2 Å². The van der Waals surface area contributed by atoms with Crippen LogP contribution >= 0.6 is 0 Å². The molecule has 2 aromatic rings. The fourth-order valence-electron chi connectivity index (χ4n) is 4.81. The van der Waals surface area contributed by atoms with Crippen molar-refractivity contribution in [3.05, 3.63) is 41.1 Å². The molecule has 3 aliphatic heterocycles. The van der Waals surface area contributed by atoms with Crippen LogP contribution in [-0.4, -0.2) is 51.9 Å². The van der Waals surface area contributed by atoms with Gasteiger partial charge in [-0.2, -0.15) is 0 Å². The number of aryl methyl sites for hydroxylation is 2. The number of hydrogen-bond donors (Lipinski definition) is 0. The van der Waals surface area contributed by atoms with Crippen molar-refractivity contribution in [2.75, 3.05) is 36.0 Å². The third kappa shape index (κ3) is 3.12. The van der Waals surface area contributed by atoms with E-state index < -0.39 is 0 Å². The smallest absolute Gasteiger partial charge is 0.228 e. The molecule has 5 rings (SSSR count). The molecule has 0 aliphatic carbocycles. The van der Waals surface area contributed by atoms with Crippen molar-refractivity contribution in [3.63, 3.8) is 0 Å². The second-order valence-electron chi connectivity index (χ2n) is 8.59. The summed E-state index contributed by atoms with van der Waals surface area (Å²) in [6.07, 6.45) is 5.85. The molecule has 1 amide bonds. The van der Waals surface area contributed by atoms with Gasteiger partial charge in [0, 0.05) is 37.9 Å². The lowest BCUT2D eigenvalue weighted by Crippen LogP contribution is -2.39. The van der Waals surface area contributed by atoms with E-state index in [-0.39, 0.29) is 17.9 Å². The molecule has 3 aliphatic rings. The third-order valence-corrected chi connectivity index (χ3v) is 6.52. The summed E-state index contributed by atoms with van der Waals surface area (Å²) in [4.78, 5) is 33.8. The van der Waals surface area contributed by atoms with Crippen LogP contribution in [0.1, 0.15) is 48.5 Å². The van der Waals surface area contributed by atoms with Crippen molar-refractivity contribution >= 4 is 17.4 Å². The quantitative estimate of drug-likeness (QED) is 0.800. The molecule has 0 unspecified atom stereocenters. The molecule has 0 bridgehead atoms. The molecule has 152 valence electrons. The first-order chi connectivity index (χ1) is 14.0. The molecule has 2 fully saturated rings. The Morgan fingerprint density at radius 2 is 1.93 bits per heavy atom. The molecule has 7 heteroatoms. The van der Waals surface area contributed by atoms with Crippen LogP contribution in [0.2, 0.25) is 0 Å². The maximum atomic E-state index is 13.4. The third-order valence-electron chi connectivity index (χ3n) is 6.52. The maximum Gasteiger partial charge on any atom is 0.228 e. The van der Waals surface area contributed by atoms with E-state index in [2.05, 4.69) is 39.7 Å². The summed E-state index contributed by atoms with van der Waals surface area (Å²) in [6.45, 7) is 10.5. The van der Waals surface area contributed by atoms with E-state index in [9.17, 15) is 4.79 Å². The molecule has 2 aromatic heterocycles. The molecule has 29 heavy (non-hydrogen) atoms. The Morgan fingerprint density at radius 1 is 1.10 bits per heavy atom. The highest BCUT2D eigenvalue weighted by Crippen LogP contribution is 2.40.